The van der Waals surface area contributed by atoms with Crippen LogP contribution in [-0.4, -0.2) is 33.9 Å². The zero-order chi connectivity index (χ0) is 37.8. The van der Waals surface area contributed by atoms with Crippen LogP contribution in [0.4, 0.5) is 0 Å². The minimum absolute atomic E-state index is 0.00500. The van der Waals surface area contributed by atoms with Gasteiger partial charge < -0.3 is 14.3 Å². The van der Waals surface area contributed by atoms with Crippen molar-refractivity contribution in [3.05, 3.63) is 52.5 Å². The van der Waals surface area contributed by atoms with Crippen LogP contribution in [0.25, 0.3) is 11.3 Å². The minimum atomic E-state index is -1.16. The van der Waals surface area contributed by atoms with Crippen molar-refractivity contribution in [2.24, 2.45) is 50.7 Å². The summed E-state index contributed by atoms with van der Waals surface area (Å²) in [5.41, 5.74) is 1.45. The maximum atomic E-state index is 14.1. The van der Waals surface area contributed by atoms with Gasteiger partial charge in [0.2, 0.25) is 5.89 Å². The summed E-state index contributed by atoms with van der Waals surface area (Å²) in [4.78, 5) is 43.9. The lowest BCUT2D eigenvalue weighted by atomic mass is 9.33. The van der Waals surface area contributed by atoms with E-state index in [1.54, 1.807) is 13.8 Å². The number of esters is 1. The van der Waals surface area contributed by atoms with Gasteiger partial charge in [-0.25, -0.2) is 4.98 Å². The van der Waals surface area contributed by atoms with Crippen LogP contribution in [0.3, 0.4) is 0 Å². The van der Waals surface area contributed by atoms with E-state index in [0.717, 1.165) is 62.5 Å². The lowest BCUT2D eigenvalue weighted by molar-refractivity contribution is -0.232. The molecule has 2 aromatic rings. The first-order chi connectivity index (χ1) is 24.2. The number of Topliss-reactive ketones (excluding diaryl/α,β-unsaturated/α-hetero) is 1. The van der Waals surface area contributed by atoms with Gasteiger partial charge in [-0.2, -0.15) is 0 Å². The molecule has 0 saturated heterocycles. The van der Waals surface area contributed by atoms with E-state index in [-0.39, 0.29) is 51.8 Å². The number of ketones is 1. The SMILES string of the molecule is CC(C)C1=C2C3CC[C@@H]4[C@@]5(C)CC[C@H](OC(=O)CC(C)(C)C(=O)O)C(C)(C)[C@@H]5CC[C@@]4(C)[C@]3(C)CCC2(c2ncc(-c3ccc(Cl)cc3)o2)CC1=O. The highest BCUT2D eigenvalue weighted by Crippen LogP contribution is 2.76. The van der Waals surface area contributed by atoms with E-state index in [4.69, 9.17) is 25.7 Å². The van der Waals surface area contributed by atoms with Crippen LogP contribution >= 0.6 is 11.6 Å². The maximum absolute atomic E-state index is 14.1. The van der Waals surface area contributed by atoms with E-state index in [1.165, 1.54) is 5.57 Å². The second-order valence-corrected chi connectivity index (χ2v) is 20.0. The van der Waals surface area contributed by atoms with Crippen molar-refractivity contribution in [1.29, 1.82) is 0 Å². The van der Waals surface area contributed by atoms with Crippen molar-refractivity contribution in [3.8, 4) is 11.3 Å². The van der Waals surface area contributed by atoms with Crippen LogP contribution in [0.2, 0.25) is 5.02 Å². The fourth-order valence-corrected chi connectivity index (χ4v) is 13.1. The number of halogens is 1. The summed E-state index contributed by atoms with van der Waals surface area (Å²) >= 11 is 6.19. The van der Waals surface area contributed by atoms with Gasteiger partial charge in [-0.1, -0.05) is 60.1 Å². The molecular formula is C44H58ClNO6. The smallest absolute Gasteiger partial charge is 0.309 e. The lowest BCUT2D eigenvalue weighted by Gasteiger charge is -2.72. The molecule has 0 radical (unpaired) electrons. The largest absolute Gasteiger partial charge is 0.481 e. The van der Waals surface area contributed by atoms with Gasteiger partial charge in [0.05, 0.1) is 23.4 Å². The average molecular weight is 732 g/mol. The number of allylic oxidation sites excluding steroid dienone is 2. The Morgan fingerprint density at radius 2 is 1.65 bits per heavy atom. The van der Waals surface area contributed by atoms with Crippen molar-refractivity contribution in [2.75, 3.05) is 0 Å². The first-order valence-corrected chi connectivity index (χ1v) is 20.0. The quantitative estimate of drug-likeness (QED) is 0.282. The number of carbonyl (C=O) groups excluding carboxylic acids is 2. The predicted molar refractivity (Wildman–Crippen MR) is 202 cm³/mol. The van der Waals surface area contributed by atoms with Gasteiger partial charge in [-0.3, -0.25) is 14.4 Å². The number of carbonyl (C=O) groups is 3. The van der Waals surface area contributed by atoms with Crippen LogP contribution in [0.15, 0.2) is 46.0 Å². The molecule has 282 valence electrons. The van der Waals surface area contributed by atoms with Gasteiger partial charge in [0.15, 0.2) is 11.5 Å². The Bertz CT molecular complexity index is 1820. The molecule has 5 aliphatic rings. The third-order valence-corrected chi connectivity index (χ3v) is 16.1. The van der Waals surface area contributed by atoms with Crippen molar-refractivity contribution in [2.45, 2.75) is 138 Å². The molecule has 1 N–H and O–H groups in total. The number of aromatic nitrogens is 1. The van der Waals surface area contributed by atoms with Crippen LogP contribution in [-0.2, 0) is 24.5 Å². The molecule has 7 nitrogen and oxygen atoms in total. The maximum Gasteiger partial charge on any atom is 0.309 e. The third-order valence-electron chi connectivity index (χ3n) is 15.9. The first-order valence-electron chi connectivity index (χ1n) is 19.6. The molecule has 1 aromatic carbocycles. The summed E-state index contributed by atoms with van der Waals surface area (Å²) in [7, 11) is 0. The number of fused-ring (bicyclic) bond motifs is 7. The number of rotatable bonds is 7. The molecule has 4 fully saturated rings. The third kappa shape index (κ3) is 5.32. The van der Waals surface area contributed by atoms with Crippen molar-refractivity contribution < 1.29 is 28.6 Å². The van der Waals surface area contributed by atoms with Gasteiger partial charge in [0.25, 0.3) is 0 Å². The molecule has 0 spiro atoms. The number of hydrogen-bond acceptors (Lipinski definition) is 6. The van der Waals surface area contributed by atoms with E-state index in [9.17, 15) is 19.5 Å². The molecule has 0 amide bonds. The molecule has 1 heterocycles. The Morgan fingerprint density at radius 1 is 0.962 bits per heavy atom. The molecule has 4 saturated carbocycles. The van der Waals surface area contributed by atoms with Crippen LogP contribution in [0, 0.1) is 50.7 Å². The number of nitrogens with zero attached hydrogens (tertiary/aromatic N) is 1. The van der Waals surface area contributed by atoms with Gasteiger partial charge in [-0.15, -0.1) is 0 Å². The number of ether oxygens (including phenoxy) is 1. The van der Waals surface area contributed by atoms with Crippen LogP contribution in [0.1, 0.15) is 132 Å². The molecule has 7 rings (SSSR count). The number of aliphatic carboxylic acids is 1. The summed E-state index contributed by atoms with van der Waals surface area (Å²) in [5.74, 6) is 1.49. The highest BCUT2D eigenvalue weighted by Gasteiger charge is 2.71. The van der Waals surface area contributed by atoms with Gasteiger partial charge in [-0.05, 0) is 141 Å². The minimum Gasteiger partial charge on any atom is -0.481 e. The molecule has 8 atom stereocenters. The molecule has 8 heteroatoms. The highest BCUT2D eigenvalue weighted by atomic mass is 35.5. The Hall–Kier alpha value is -2.93. The summed E-state index contributed by atoms with van der Waals surface area (Å²) in [6.45, 7) is 19.7. The molecule has 5 aliphatic carbocycles. The van der Waals surface area contributed by atoms with Gasteiger partial charge in [0.1, 0.15) is 6.10 Å². The molecule has 2 unspecified atom stereocenters. The lowest BCUT2D eigenvalue weighted by Crippen LogP contribution is -2.66. The number of benzene rings is 1. The summed E-state index contributed by atoms with van der Waals surface area (Å²) in [6, 6.07) is 7.64. The predicted octanol–water partition coefficient (Wildman–Crippen LogP) is 10.6. The Kier molecular flexibility index (Phi) is 8.84. The Balaban J connectivity index is 1.20. The van der Waals surface area contributed by atoms with E-state index in [1.807, 2.05) is 30.5 Å². The van der Waals surface area contributed by atoms with Crippen molar-refractivity contribution in [1.82, 2.24) is 4.98 Å². The number of hydrogen-bond donors (Lipinski definition) is 1. The molecular weight excluding hydrogens is 674 g/mol. The van der Waals surface area contributed by atoms with Crippen molar-refractivity contribution in [3.63, 3.8) is 0 Å². The van der Waals surface area contributed by atoms with Crippen LogP contribution in [0.5, 0.6) is 0 Å². The zero-order valence-electron chi connectivity index (χ0n) is 32.7. The van der Waals surface area contributed by atoms with E-state index >= 15 is 0 Å². The van der Waals surface area contributed by atoms with E-state index in [2.05, 4.69) is 48.5 Å². The fraction of sp³-hybridized carbons (Fsp3) is 0.682. The topological polar surface area (TPSA) is 107 Å². The number of carboxylic acid groups (broad SMARTS) is 1. The summed E-state index contributed by atoms with van der Waals surface area (Å²) < 4.78 is 12.8. The Morgan fingerprint density at radius 3 is 2.31 bits per heavy atom. The normalized spacial score (nSPS) is 36.9. The standard InChI is InChI=1S/C44H58ClNO6/c1-25(2)35-29(47)22-44(37-46-24-30(51-37)26-10-12-27(45)13-11-26)21-20-42(8)28(36(35)44)14-15-32-41(7)18-17-33(52-34(48)23-39(3,4)38(49)50)40(5,6)31(41)16-19-43(32,42)9/h10-13,24-25,28,31-33H,14-23H2,1-9H3,(H,49,50)/t28?,31-,32+,33-,41-,42+,43+,44?/m0/s1. The van der Waals surface area contributed by atoms with Gasteiger partial charge >= 0.3 is 11.9 Å². The highest BCUT2D eigenvalue weighted by molar-refractivity contribution is 6.30. The van der Waals surface area contributed by atoms with E-state index in [0.29, 0.717) is 34.9 Å². The van der Waals surface area contributed by atoms with Crippen LogP contribution < -0.4 is 0 Å². The first kappa shape index (κ1) is 37.4. The summed E-state index contributed by atoms with van der Waals surface area (Å²) in [6.07, 6.45) is 9.77. The molecule has 1 aromatic heterocycles. The monoisotopic (exact) mass is 731 g/mol. The second-order valence-electron chi connectivity index (χ2n) is 19.5. The zero-order valence-corrected chi connectivity index (χ0v) is 33.4. The van der Waals surface area contributed by atoms with E-state index < -0.39 is 22.8 Å². The fourth-order valence-electron chi connectivity index (χ4n) is 12.9. The van der Waals surface area contributed by atoms with Gasteiger partial charge in [0, 0.05) is 22.4 Å². The Labute approximate surface area is 314 Å². The average Bonchev–Trinajstić information content (AvgIpc) is 3.66. The van der Waals surface area contributed by atoms with Crippen molar-refractivity contribution >= 4 is 29.3 Å². The number of oxazole rings is 1. The molecule has 52 heavy (non-hydrogen) atoms. The summed E-state index contributed by atoms with van der Waals surface area (Å²) in [5, 5.41) is 10.3. The molecule has 0 bridgehead atoms. The number of carboxylic acids is 1. The second kappa shape index (κ2) is 12.3. The molecule has 0 aliphatic heterocycles.